The Morgan fingerprint density at radius 3 is 2.59 bits per heavy atom. The number of carbonyl (C=O) groups excluding carboxylic acids is 2. The number of aryl methyl sites for hydroxylation is 1. The van der Waals surface area contributed by atoms with Crippen LogP contribution in [0.2, 0.25) is 0 Å². The van der Waals surface area contributed by atoms with Crippen molar-refractivity contribution in [1.29, 1.82) is 0 Å². The molecule has 39 heavy (non-hydrogen) atoms. The van der Waals surface area contributed by atoms with Crippen LogP contribution in [0.5, 0.6) is 0 Å². The Morgan fingerprint density at radius 1 is 1.10 bits per heavy atom. The predicted molar refractivity (Wildman–Crippen MR) is 151 cm³/mol. The Labute approximate surface area is 232 Å². The molecule has 4 aromatic rings. The van der Waals surface area contributed by atoms with E-state index in [4.69, 9.17) is 9.47 Å². The first-order valence-electron chi connectivity index (χ1n) is 12.4. The van der Waals surface area contributed by atoms with Crippen LogP contribution in [0.4, 0.5) is 0 Å². The molecule has 200 valence electrons. The summed E-state index contributed by atoms with van der Waals surface area (Å²) in [5.41, 5.74) is 4.72. The maximum atomic E-state index is 13.8. The average Bonchev–Trinajstić information content (AvgIpc) is 3.62. The number of ether oxygens (including phenoxy) is 2. The maximum absolute atomic E-state index is 13.8. The number of esters is 2. The van der Waals surface area contributed by atoms with E-state index in [9.17, 15) is 14.4 Å². The Kier molecular flexibility index (Phi) is 7.24. The number of aromatic nitrogens is 2. The van der Waals surface area contributed by atoms with Gasteiger partial charge in [-0.25, -0.2) is 14.6 Å². The van der Waals surface area contributed by atoms with Crippen LogP contribution in [0.15, 0.2) is 68.9 Å². The molecule has 3 aromatic heterocycles. The van der Waals surface area contributed by atoms with Crippen molar-refractivity contribution in [2.24, 2.45) is 4.99 Å². The van der Waals surface area contributed by atoms with E-state index in [0.29, 0.717) is 26.2 Å². The molecule has 8 nitrogen and oxygen atoms in total. The van der Waals surface area contributed by atoms with E-state index in [0.717, 1.165) is 27.5 Å². The average molecular weight is 562 g/mol. The van der Waals surface area contributed by atoms with Crippen molar-refractivity contribution in [2.75, 3.05) is 13.7 Å². The fourth-order valence-electron chi connectivity index (χ4n) is 4.87. The molecule has 0 aliphatic carbocycles. The molecule has 5 rings (SSSR count). The van der Waals surface area contributed by atoms with Gasteiger partial charge in [0.05, 0.1) is 35.1 Å². The van der Waals surface area contributed by atoms with Gasteiger partial charge in [-0.2, -0.15) is 0 Å². The summed E-state index contributed by atoms with van der Waals surface area (Å²) in [4.78, 5) is 44.9. The highest BCUT2D eigenvalue weighted by atomic mass is 32.1. The highest BCUT2D eigenvalue weighted by molar-refractivity contribution is 7.10. The van der Waals surface area contributed by atoms with Gasteiger partial charge in [-0.3, -0.25) is 9.36 Å². The van der Waals surface area contributed by atoms with Crippen LogP contribution in [-0.2, 0) is 14.3 Å². The van der Waals surface area contributed by atoms with E-state index >= 15 is 0 Å². The standard InChI is InChI=1S/C29H27N3O5S2/c1-6-37-28(35)24-17(3)30-29-32(25(24)22-11-8-12-38-22)26(33)23(39-29)15-20-13-16(2)31(18(20)4)21-10-7-9-19(14-21)27(34)36-5/h7-15,25H,6H2,1-5H3/b23-15-. The molecular formula is C29H27N3O5S2. The lowest BCUT2D eigenvalue weighted by molar-refractivity contribution is -0.139. The molecule has 0 saturated carbocycles. The van der Waals surface area contributed by atoms with Gasteiger partial charge in [-0.15, -0.1) is 11.3 Å². The van der Waals surface area contributed by atoms with Crippen LogP contribution in [-0.4, -0.2) is 34.8 Å². The predicted octanol–water partition coefficient (Wildman–Crippen LogP) is 4.05. The van der Waals surface area contributed by atoms with Gasteiger partial charge in [-0.05, 0) is 75.0 Å². The number of carbonyl (C=O) groups is 2. The molecule has 1 atom stereocenters. The topological polar surface area (TPSA) is 91.9 Å². The second kappa shape index (κ2) is 10.6. The molecule has 1 unspecified atom stereocenters. The van der Waals surface area contributed by atoms with E-state index in [-0.39, 0.29) is 12.2 Å². The lowest BCUT2D eigenvalue weighted by Gasteiger charge is -2.23. The van der Waals surface area contributed by atoms with Crippen molar-refractivity contribution in [3.05, 3.63) is 106 Å². The van der Waals surface area contributed by atoms with Gasteiger partial charge in [0.15, 0.2) is 4.80 Å². The number of methoxy groups -OCH3 is 1. The third-order valence-corrected chi connectivity index (χ3v) is 8.52. The van der Waals surface area contributed by atoms with Crippen LogP contribution in [0.3, 0.4) is 0 Å². The largest absolute Gasteiger partial charge is 0.465 e. The summed E-state index contributed by atoms with van der Waals surface area (Å²) in [6.45, 7) is 7.71. The van der Waals surface area contributed by atoms with Crippen LogP contribution in [0, 0.1) is 13.8 Å². The van der Waals surface area contributed by atoms with Crippen LogP contribution >= 0.6 is 22.7 Å². The maximum Gasteiger partial charge on any atom is 0.338 e. The summed E-state index contributed by atoms with van der Waals surface area (Å²) in [5.74, 6) is -0.873. The first kappa shape index (κ1) is 26.6. The number of benzene rings is 1. The number of thiophene rings is 1. The summed E-state index contributed by atoms with van der Waals surface area (Å²) in [5, 5.41) is 1.92. The lowest BCUT2D eigenvalue weighted by Crippen LogP contribution is -2.39. The molecule has 0 bridgehead atoms. The first-order valence-corrected chi connectivity index (χ1v) is 14.1. The second-order valence-corrected chi connectivity index (χ2v) is 11.0. The van der Waals surface area contributed by atoms with Gasteiger partial charge >= 0.3 is 11.9 Å². The molecule has 0 amide bonds. The van der Waals surface area contributed by atoms with Crippen molar-refractivity contribution >= 4 is 40.7 Å². The minimum Gasteiger partial charge on any atom is -0.465 e. The van der Waals surface area contributed by atoms with E-state index in [2.05, 4.69) is 4.99 Å². The zero-order valence-corrected chi connectivity index (χ0v) is 23.8. The Balaban J connectivity index is 1.65. The molecule has 1 aromatic carbocycles. The highest BCUT2D eigenvalue weighted by Gasteiger charge is 2.34. The van der Waals surface area contributed by atoms with Crippen LogP contribution < -0.4 is 14.9 Å². The number of fused-ring (bicyclic) bond motifs is 1. The molecule has 0 spiro atoms. The zero-order chi connectivity index (χ0) is 27.8. The SMILES string of the molecule is CCOC(=O)C1=C(C)N=c2s/c(=C\c3cc(C)n(-c4cccc(C(=O)OC)c4)c3C)c(=O)n2C1c1cccs1. The Bertz CT molecular complexity index is 1810. The molecule has 10 heteroatoms. The quantitative estimate of drug-likeness (QED) is 0.331. The van der Waals surface area contributed by atoms with Crippen molar-refractivity contribution in [3.8, 4) is 5.69 Å². The lowest BCUT2D eigenvalue weighted by atomic mass is 10.0. The van der Waals surface area contributed by atoms with Gasteiger partial charge < -0.3 is 14.0 Å². The number of hydrogen-bond acceptors (Lipinski definition) is 8. The van der Waals surface area contributed by atoms with E-state index in [1.165, 1.54) is 29.8 Å². The molecule has 4 heterocycles. The van der Waals surface area contributed by atoms with Crippen molar-refractivity contribution < 1.29 is 19.1 Å². The number of hydrogen-bond donors (Lipinski definition) is 0. The van der Waals surface area contributed by atoms with Gasteiger partial charge in [0.25, 0.3) is 5.56 Å². The number of thiazole rings is 1. The van der Waals surface area contributed by atoms with E-state index in [1.807, 2.05) is 60.2 Å². The summed E-state index contributed by atoms with van der Waals surface area (Å²) >= 11 is 2.77. The van der Waals surface area contributed by atoms with Crippen molar-refractivity contribution in [3.63, 3.8) is 0 Å². The van der Waals surface area contributed by atoms with Crippen LogP contribution in [0.25, 0.3) is 11.8 Å². The Morgan fingerprint density at radius 2 is 1.90 bits per heavy atom. The van der Waals surface area contributed by atoms with Gasteiger partial charge in [-0.1, -0.05) is 23.5 Å². The second-order valence-electron chi connectivity index (χ2n) is 9.02. The molecule has 0 radical (unpaired) electrons. The van der Waals surface area contributed by atoms with Gasteiger partial charge in [0, 0.05) is 22.0 Å². The van der Waals surface area contributed by atoms with Gasteiger partial charge in [0.1, 0.15) is 6.04 Å². The smallest absolute Gasteiger partial charge is 0.338 e. The highest BCUT2D eigenvalue weighted by Crippen LogP contribution is 2.33. The zero-order valence-electron chi connectivity index (χ0n) is 22.2. The van der Waals surface area contributed by atoms with E-state index in [1.54, 1.807) is 30.5 Å². The summed E-state index contributed by atoms with van der Waals surface area (Å²) in [6, 6.07) is 12.4. The molecule has 1 aliphatic rings. The fraction of sp³-hybridized carbons (Fsp3) is 0.241. The third-order valence-electron chi connectivity index (χ3n) is 6.61. The fourth-order valence-corrected chi connectivity index (χ4v) is 6.73. The summed E-state index contributed by atoms with van der Waals surface area (Å²) in [7, 11) is 1.36. The molecule has 0 N–H and O–H groups in total. The van der Waals surface area contributed by atoms with Gasteiger partial charge in [0.2, 0.25) is 0 Å². The minimum absolute atomic E-state index is 0.219. The van der Waals surface area contributed by atoms with Crippen LogP contribution in [0.1, 0.15) is 52.1 Å². The number of nitrogens with zero attached hydrogens (tertiary/aromatic N) is 3. The summed E-state index contributed by atoms with van der Waals surface area (Å²) in [6.07, 6.45) is 1.86. The van der Waals surface area contributed by atoms with Crippen molar-refractivity contribution in [1.82, 2.24) is 9.13 Å². The third kappa shape index (κ3) is 4.70. The molecule has 0 fully saturated rings. The monoisotopic (exact) mass is 561 g/mol. The Hall–Kier alpha value is -4.02. The number of rotatable bonds is 6. The molecule has 0 saturated heterocycles. The minimum atomic E-state index is -0.601. The molecule has 1 aliphatic heterocycles. The number of allylic oxidation sites excluding steroid dienone is 1. The normalized spacial score (nSPS) is 15.2. The molecular weight excluding hydrogens is 534 g/mol. The first-order chi connectivity index (χ1) is 18.7. The summed E-state index contributed by atoms with van der Waals surface area (Å²) < 4.78 is 14.4. The van der Waals surface area contributed by atoms with E-state index < -0.39 is 18.0 Å². The van der Waals surface area contributed by atoms with Crippen molar-refractivity contribution in [2.45, 2.75) is 33.7 Å².